The van der Waals surface area contributed by atoms with Crippen LogP contribution < -0.4 is 5.32 Å². The molecular formula is C14H13FN2OS. The van der Waals surface area contributed by atoms with Crippen LogP contribution in [0.25, 0.3) is 0 Å². The summed E-state index contributed by atoms with van der Waals surface area (Å²) in [5, 5.41) is 3.48. The van der Waals surface area contributed by atoms with Crippen molar-refractivity contribution in [2.24, 2.45) is 0 Å². The molecule has 0 aliphatic heterocycles. The summed E-state index contributed by atoms with van der Waals surface area (Å²) < 4.78 is 13.3. The van der Waals surface area contributed by atoms with Gasteiger partial charge in [0.15, 0.2) is 0 Å². The van der Waals surface area contributed by atoms with E-state index in [1.165, 1.54) is 17.8 Å². The van der Waals surface area contributed by atoms with Gasteiger partial charge in [0, 0.05) is 18.3 Å². The molecule has 1 N–H and O–H groups in total. The number of carbonyl (C=O) groups is 1. The summed E-state index contributed by atoms with van der Waals surface area (Å²) in [5.74, 6) is -0.176. The second-order valence-corrected chi connectivity index (χ2v) is 4.82. The Hall–Kier alpha value is -1.88. The fraction of sp³-hybridized carbons (Fsp3) is 0.143. The van der Waals surface area contributed by atoms with Crippen molar-refractivity contribution in [3.63, 3.8) is 0 Å². The molecule has 0 fully saturated rings. The van der Waals surface area contributed by atoms with Gasteiger partial charge in [-0.3, -0.25) is 4.79 Å². The Kier molecular flexibility index (Phi) is 4.92. The van der Waals surface area contributed by atoms with Crippen molar-refractivity contribution in [3.8, 4) is 0 Å². The molecule has 2 aromatic rings. The van der Waals surface area contributed by atoms with E-state index in [1.54, 1.807) is 24.4 Å². The van der Waals surface area contributed by atoms with E-state index in [0.717, 1.165) is 5.03 Å². The van der Waals surface area contributed by atoms with Gasteiger partial charge in [0.25, 0.3) is 0 Å². The summed E-state index contributed by atoms with van der Waals surface area (Å²) in [4.78, 5) is 15.7. The van der Waals surface area contributed by atoms with Gasteiger partial charge in [-0.1, -0.05) is 36.0 Å². The average molecular weight is 276 g/mol. The zero-order chi connectivity index (χ0) is 13.5. The van der Waals surface area contributed by atoms with E-state index in [4.69, 9.17) is 0 Å². The fourth-order valence-electron chi connectivity index (χ4n) is 1.46. The lowest BCUT2D eigenvalue weighted by atomic mass is 10.2. The van der Waals surface area contributed by atoms with Gasteiger partial charge >= 0.3 is 0 Å². The molecule has 19 heavy (non-hydrogen) atoms. The highest BCUT2D eigenvalue weighted by atomic mass is 32.2. The van der Waals surface area contributed by atoms with Crippen LogP contribution in [0.1, 0.15) is 5.56 Å². The minimum absolute atomic E-state index is 0.140. The number of nitrogens with zero attached hydrogens (tertiary/aromatic N) is 1. The molecule has 98 valence electrons. The Bertz CT molecular complexity index is 548. The lowest BCUT2D eigenvalue weighted by Gasteiger charge is -2.05. The second-order valence-electron chi connectivity index (χ2n) is 3.82. The first-order valence-corrected chi connectivity index (χ1v) is 6.78. The largest absolute Gasteiger partial charge is 0.351 e. The first-order valence-electron chi connectivity index (χ1n) is 5.79. The van der Waals surface area contributed by atoms with Crippen LogP contribution >= 0.6 is 11.8 Å². The van der Waals surface area contributed by atoms with Crippen LogP contribution in [0.5, 0.6) is 0 Å². The Morgan fingerprint density at radius 3 is 2.74 bits per heavy atom. The van der Waals surface area contributed by atoms with Crippen molar-refractivity contribution in [1.29, 1.82) is 0 Å². The Balaban J connectivity index is 1.78. The normalized spacial score (nSPS) is 10.2. The molecule has 2 rings (SSSR count). The lowest BCUT2D eigenvalue weighted by Crippen LogP contribution is -2.25. The summed E-state index contributed by atoms with van der Waals surface area (Å²) in [6, 6.07) is 11.9. The minimum atomic E-state index is -0.305. The van der Waals surface area contributed by atoms with Crippen molar-refractivity contribution in [1.82, 2.24) is 10.3 Å². The number of thioether (sulfide) groups is 1. The number of halogens is 1. The molecule has 0 bridgehead atoms. The molecule has 1 aromatic carbocycles. The van der Waals surface area contributed by atoms with Crippen molar-refractivity contribution >= 4 is 17.7 Å². The molecule has 0 atom stereocenters. The Labute approximate surface area is 115 Å². The average Bonchev–Trinajstić information content (AvgIpc) is 2.45. The number of hydrogen-bond acceptors (Lipinski definition) is 3. The molecule has 1 heterocycles. The van der Waals surface area contributed by atoms with Crippen LogP contribution in [0.2, 0.25) is 0 Å². The predicted molar refractivity (Wildman–Crippen MR) is 73.2 cm³/mol. The molecule has 1 aromatic heterocycles. The zero-order valence-electron chi connectivity index (χ0n) is 10.2. The van der Waals surface area contributed by atoms with Gasteiger partial charge in [-0.15, -0.1) is 0 Å². The fourth-order valence-corrected chi connectivity index (χ4v) is 2.15. The molecule has 0 unspecified atom stereocenters. The highest BCUT2D eigenvalue weighted by Crippen LogP contribution is 2.13. The maximum Gasteiger partial charge on any atom is 0.230 e. The third-order valence-electron chi connectivity index (χ3n) is 2.42. The van der Waals surface area contributed by atoms with E-state index < -0.39 is 0 Å². The highest BCUT2D eigenvalue weighted by molar-refractivity contribution is 7.99. The molecule has 0 saturated carbocycles. The van der Waals surface area contributed by atoms with E-state index in [9.17, 15) is 9.18 Å². The summed E-state index contributed by atoms with van der Waals surface area (Å²) in [6.07, 6.45) is 1.68. The highest BCUT2D eigenvalue weighted by Gasteiger charge is 2.05. The number of rotatable bonds is 5. The number of pyridine rings is 1. The first kappa shape index (κ1) is 13.5. The molecule has 0 saturated heterocycles. The topological polar surface area (TPSA) is 42.0 Å². The van der Waals surface area contributed by atoms with Crippen LogP contribution in [0.4, 0.5) is 4.39 Å². The third-order valence-corrected chi connectivity index (χ3v) is 3.37. The molecule has 0 spiro atoms. The summed E-state index contributed by atoms with van der Waals surface area (Å²) in [7, 11) is 0. The van der Waals surface area contributed by atoms with Gasteiger partial charge in [0.2, 0.25) is 5.91 Å². The van der Waals surface area contributed by atoms with Gasteiger partial charge in [-0.05, 0) is 18.2 Å². The molecule has 5 heteroatoms. The summed E-state index contributed by atoms with van der Waals surface area (Å²) in [5.41, 5.74) is 0.485. The number of benzene rings is 1. The van der Waals surface area contributed by atoms with Crippen molar-refractivity contribution in [3.05, 3.63) is 60.0 Å². The molecular weight excluding hydrogens is 263 g/mol. The third kappa shape index (κ3) is 4.37. The van der Waals surface area contributed by atoms with Crippen LogP contribution in [0.3, 0.4) is 0 Å². The molecule has 3 nitrogen and oxygen atoms in total. The van der Waals surface area contributed by atoms with Crippen LogP contribution in [0, 0.1) is 5.82 Å². The Morgan fingerprint density at radius 2 is 2.00 bits per heavy atom. The molecule has 0 aliphatic carbocycles. The Morgan fingerprint density at radius 1 is 1.21 bits per heavy atom. The van der Waals surface area contributed by atoms with Gasteiger partial charge in [0.1, 0.15) is 5.82 Å². The van der Waals surface area contributed by atoms with Crippen molar-refractivity contribution in [2.75, 3.05) is 5.75 Å². The van der Waals surface area contributed by atoms with Crippen molar-refractivity contribution < 1.29 is 9.18 Å². The van der Waals surface area contributed by atoms with Crippen LogP contribution in [0.15, 0.2) is 53.7 Å². The van der Waals surface area contributed by atoms with Crippen molar-refractivity contribution in [2.45, 2.75) is 11.6 Å². The number of amides is 1. The lowest BCUT2D eigenvalue weighted by molar-refractivity contribution is -0.118. The van der Waals surface area contributed by atoms with E-state index in [1.807, 2.05) is 18.2 Å². The predicted octanol–water partition coefficient (Wildman–Crippen LogP) is 2.63. The van der Waals surface area contributed by atoms with Gasteiger partial charge in [0.05, 0.1) is 10.8 Å². The van der Waals surface area contributed by atoms with Crippen LogP contribution in [-0.2, 0) is 11.3 Å². The number of aromatic nitrogens is 1. The van der Waals surface area contributed by atoms with E-state index in [0.29, 0.717) is 5.56 Å². The zero-order valence-corrected chi connectivity index (χ0v) is 11.0. The number of nitrogens with one attached hydrogen (secondary N) is 1. The van der Waals surface area contributed by atoms with Crippen LogP contribution in [-0.4, -0.2) is 16.6 Å². The molecule has 0 radical (unpaired) electrons. The summed E-state index contributed by atoms with van der Waals surface area (Å²) >= 11 is 1.35. The maximum atomic E-state index is 13.3. The smallest absolute Gasteiger partial charge is 0.230 e. The number of carbonyl (C=O) groups excluding carboxylic acids is 1. The summed E-state index contributed by atoms with van der Waals surface area (Å²) in [6.45, 7) is 0.203. The van der Waals surface area contributed by atoms with E-state index >= 15 is 0 Å². The molecule has 1 amide bonds. The quantitative estimate of drug-likeness (QED) is 0.854. The van der Waals surface area contributed by atoms with Gasteiger partial charge in [-0.2, -0.15) is 0 Å². The van der Waals surface area contributed by atoms with E-state index in [2.05, 4.69) is 10.3 Å². The van der Waals surface area contributed by atoms with Gasteiger partial charge in [-0.25, -0.2) is 9.37 Å². The molecule has 0 aliphatic rings. The minimum Gasteiger partial charge on any atom is -0.351 e. The maximum absolute atomic E-state index is 13.3. The standard InChI is InChI=1S/C14H13FN2OS/c15-12-6-2-1-5-11(12)9-17-13(18)10-19-14-7-3-4-8-16-14/h1-8H,9-10H2,(H,17,18). The SMILES string of the molecule is O=C(CSc1ccccn1)NCc1ccccc1F. The van der Waals surface area contributed by atoms with Gasteiger partial charge < -0.3 is 5.32 Å². The first-order chi connectivity index (χ1) is 9.25. The second kappa shape index (κ2) is 6.89. The van der Waals surface area contributed by atoms with E-state index in [-0.39, 0.29) is 24.0 Å². The number of hydrogen-bond donors (Lipinski definition) is 1. The monoisotopic (exact) mass is 276 g/mol.